The van der Waals surface area contributed by atoms with E-state index in [-0.39, 0.29) is 12.5 Å². The average Bonchev–Trinajstić information content (AvgIpc) is 2.74. The summed E-state index contributed by atoms with van der Waals surface area (Å²) >= 11 is 5.09. The number of likely N-dealkylation sites (N-methyl/N-ethyl adjacent to an activating group) is 1. The van der Waals surface area contributed by atoms with E-state index in [4.69, 9.17) is 17.0 Å². The Labute approximate surface area is 114 Å². The first-order valence-corrected chi connectivity index (χ1v) is 6.14. The van der Waals surface area contributed by atoms with Crippen LogP contribution < -0.4 is 9.64 Å². The third-order valence-corrected chi connectivity index (χ3v) is 3.55. The number of anilines is 1. The SMILES string of the molecule is CN1C(=O)COc2ccc(-c3n[nH]c(=S)n3C)cc21. The maximum Gasteiger partial charge on any atom is 0.264 e. The summed E-state index contributed by atoms with van der Waals surface area (Å²) in [5, 5.41) is 6.92. The van der Waals surface area contributed by atoms with Crippen molar-refractivity contribution >= 4 is 23.8 Å². The number of benzene rings is 1. The quantitative estimate of drug-likeness (QED) is 0.802. The first kappa shape index (κ1) is 11.9. The number of H-pyrrole nitrogens is 1. The van der Waals surface area contributed by atoms with Gasteiger partial charge in [0.25, 0.3) is 5.91 Å². The van der Waals surface area contributed by atoms with Crippen molar-refractivity contribution in [3.8, 4) is 17.1 Å². The number of carbonyl (C=O) groups is 1. The molecule has 3 rings (SSSR count). The van der Waals surface area contributed by atoms with Gasteiger partial charge in [0, 0.05) is 19.7 Å². The predicted molar refractivity (Wildman–Crippen MR) is 72.7 cm³/mol. The van der Waals surface area contributed by atoms with Crippen LogP contribution in [0.25, 0.3) is 11.4 Å². The third-order valence-electron chi connectivity index (χ3n) is 3.18. The van der Waals surface area contributed by atoms with Gasteiger partial charge in [-0.25, -0.2) is 0 Å². The molecule has 1 amide bonds. The zero-order chi connectivity index (χ0) is 13.6. The van der Waals surface area contributed by atoms with Gasteiger partial charge in [0.05, 0.1) is 5.69 Å². The maximum atomic E-state index is 11.6. The minimum absolute atomic E-state index is 0.0694. The number of aromatic nitrogens is 3. The number of fused-ring (bicyclic) bond motifs is 1. The number of nitrogens with one attached hydrogen (secondary N) is 1. The number of rotatable bonds is 1. The van der Waals surface area contributed by atoms with Gasteiger partial charge in [-0.1, -0.05) is 0 Å². The summed E-state index contributed by atoms with van der Waals surface area (Å²) in [6.07, 6.45) is 0. The Morgan fingerprint density at radius 2 is 2.21 bits per heavy atom. The highest BCUT2D eigenvalue weighted by atomic mass is 32.1. The van der Waals surface area contributed by atoms with E-state index < -0.39 is 0 Å². The first-order valence-electron chi connectivity index (χ1n) is 5.73. The largest absolute Gasteiger partial charge is 0.482 e. The van der Waals surface area contributed by atoms with Gasteiger partial charge >= 0.3 is 0 Å². The lowest BCUT2D eigenvalue weighted by Gasteiger charge is -2.26. The number of carbonyl (C=O) groups excluding carboxylic acids is 1. The van der Waals surface area contributed by atoms with E-state index in [9.17, 15) is 4.79 Å². The lowest BCUT2D eigenvalue weighted by atomic mass is 10.1. The van der Waals surface area contributed by atoms with Gasteiger partial charge in [0.1, 0.15) is 5.75 Å². The Kier molecular flexibility index (Phi) is 2.63. The number of hydrogen-bond acceptors (Lipinski definition) is 4. The van der Waals surface area contributed by atoms with Crippen LogP contribution >= 0.6 is 12.2 Å². The molecule has 0 saturated carbocycles. The summed E-state index contributed by atoms with van der Waals surface area (Å²) < 4.78 is 7.72. The van der Waals surface area contributed by atoms with Gasteiger partial charge in [-0.15, -0.1) is 0 Å². The zero-order valence-corrected chi connectivity index (χ0v) is 11.3. The lowest BCUT2D eigenvalue weighted by molar-refractivity contribution is -0.120. The first-order chi connectivity index (χ1) is 9.08. The van der Waals surface area contributed by atoms with Gasteiger partial charge in [-0.05, 0) is 30.4 Å². The van der Waals surface area contributed by atoms with E-state index in [1.807, 2.05) is 25.2 Å². The van der Waals surface area contributed by atoms with Gasteiger partial charge in [0.15, 0.2) is 17.2 Å². The minimum atomic E-state index is -0.0694. The fourth-order valence-electron chi connectivity index (χ4n) is 2.02. The van der Waals surface area contributed by atoms with Crippen LogP contribution in [0.4, 0.5) is 5.69 Å². The lowest BCUT2D eigenvalue weighted by Crippen LogP contribution is -2.35. The highest BCUT2D eigenvalue weighted by Gasteiger charge is 2.23. The Morgan fingerprint density at radius 1 is 1.42 bits per heavy atom. The molecule has 98 valence electrons. The number of ether oxygens (including phenoxy) is 1. The smallest absolute Gasteiger partial charge is 0.264 e. The molecule has 2 heterocycles. The highest BCUT2D eigenvalue weighted by Crippen LogP contribution is 2.34. The molecule has 0 unspecified atom stereocenters. The van der Waals surface area contributed by atoms with Crippen LogP contribution in [0.15, 0.2) is 18.2 Å². The van der Waals surface area contributed by atoms with Crippen LogP contribution in [0.2, 0.25) is 0 Å². The second-order valence-corrected chi connectivity index (χ2v) is 4.72. The Morgan fingerprint density at radius 3 is 2.89 bits per heavy atom. The molecule has 1 aliphatic rings. The number of aromatic amines is 1. The molecule has 1 N–H and O–H groups in total. The standard InChI is InChI=1S/C12H12N4O2S/c1-15-8-5-7(11-13-14-12(19)16(11)2)3-4-9(8)18-6-10(15)17/h3-5H,6H2,1-2H3,(H,14,19). The molecule has 6 nitrogen and oxygen atoms in total. The van der Waals surface area contributed by atoms with Crippen molar-refractivity contribution in [2.75, 3.05) is 18.6 Å². The van der Waals surface area contributed by atoms with Crippen molar-refractivity contribution in [1.82, 2.24) is 14.8 Å². The van der Waals surface area contributed by atoms with Gasteiger partial charge in [0.2, 0.25) is 0 Å². The van der Waals surface area contributed by atoms with Crippen LogP contribution in [-0.4, -0.2) is 34.3 Å². The topological polar surface area (TPSA) is 63.2 Å². The fourth-order valence-corrected chi connectivity index (χ4v) is 2.15. The van der Waals surface area contributed by atoms with Crippen LogP contribution in [-0.2, 0) is 11.8 Å². The molecule has 0 fully saturated rings. The van der Waals surface area contributed by atoms with E-state index in [1.165, 1.54) is 0 Å². The number of hydrogen-bond donors (Lipinski definition) is 1. The molecular formula is C12H12N4O2S. The van der Waals surface area contributed by atoms with Crippen LogP contribution in [0.5, 0.6) is 5.75 Å². The molecule has 2 aromatic rings. The summed E-state index contributed by atoms with van der Waals surface area (Å²) in [6.45, 7) is 0.0787. The monoisotopic (exact) mass is 276 g/mol. The Balaban J connectivity index is 2.13. The normalized spacial score (nSPS) is 14.2. The van der Waals surface area contributed by atoms with Crippen molar-refractivity contribution in [3.05, 3.63) is 23.0 Å². The molecule has 0 radical (unpaired) electrons. The maximum absolute atomic E-state index is 11.6. The molecule has 0 aliphatic carbocycles. The molecular weight excluding hydrogens is 264 g/mol. The molecule has 0 atom stereocenters. The fraction of sp³-hybridized carbons (Fsp3) is 0.250. The van der Waals surface area contributed by atoms with Crippen molar-refractivity contribution in [3.63, 3.8) is 0 Å². The molecule has 0 bridgehead atoms. The summed E-state index contributed by atoms with van der Waals surface area (Å²) in [7, 11) is 3.57. The third kappa shape index (κ3) is 1.82. The molecule has 0 spiro atoms. The summed E-state index contributed by atoms with van der Waals surface area (Å²) in [5.74, 6) is 1.35. The zero-order valence-electron chi connectivity index (χ0n) is 10.5. The summed E-state index contributed by atoms with van der Waals surface area (Å²) in [5.41, 5.74) is 1.61. The van der Waals surface area contributed by atoms with Crippen molar-refractivity contribution < 1.29 is 9.53 Å². The van der Waals surface area contributed by atoms with Crippen molar-refractivity contribution in [2.24, 2.45) is 7.05 Å². The van der Waals surface area contributed by atoms with Gasteiger partial charge in [-0.3, -0.25) is 9.89 Å². The van der Waals surface area contributed by atoms with E-state index in [2.05, 4.69) is 10.2 Å². The average molecular weight is 276 g/mol. The number of nitrogens with zero attached hydrogens (tertiary/aromatic N) is 3. The van der Waals surface area contributed by atoms with Gasteiger partial charge in [-0.2, -0.15) is 5.10 Å². The molecule has 19 heavy (non-hydrogen) atoms. The molecule has 1 aromatic carbocycles. The molecule has 7 heteroatoms. The minimum Gasteiger partial charge on any atom is -0.482 e. The van der Waals surface area contributed by atoms with E-state index in [0.29, 0.717) is 10.5 Å². The Hall–Kier alpha value is -2.15. The second-order valence-electron chi connectivity index (χ2n) is 4.34. The van der Waals surface area contributed by atoms with E-state index >= 15 is 0 Å². The number of amides is 1. The summed E-state index contributed by atoms with van der Waals surface area (Å²) in [4.78, 5) is 13.2. The Bertz CT molecular complexity index is 719. The van der Waals surface area contributed by atoms with E-state index in [1.54, 1.807) is 16.5 Å². The second kappa shape index (κ2) is 4.20. The van der Waals surface area contributed by atoms with Crippen LogP contribution in [0.3, 0.4) is 0 Å². The molecule has 0 saturated heterocycles. The molecule has 1 aromatic heterocycles. The predicted octanol–water partition coefficient (Wildman–Crippen LogP) is 1.50. The van der Waals surface area contributed by atoms with Crippen molar-refractivity contribution in [1.29, 1.82) is 0 Å². The van der Waals surface area contributed by atoms with Gasteiger partial charge < -0.3 is 14.2 Å². The van der Waals surface area contributed by atoms with E-state index in [0.717, 1.165) is 17.1 Å². The highest BCUT2D eigenvalue weighted by molar-refractivity contribution is 7.71. The van der Waals surface area contributed by atoms with Crippen LogP contribution in [0.1, 0.15) is 0 Å². The summed E-state index contributed by atoms with van der Waals surface area (Å²) in [6, 6.07) is 5.61. The molecule has 1 aliphatic heterocycles. The van der Waals surface area contributed by atoms with Crippen molar-refractivity contribution in [2.45, 2.75) is 0 Å². The van der Waals surface area contributed by atoms with Crippen LogP contribution in [0, 0.1) is 4.77 Å².